The van der Waals surface area contributed by atoms with Crippen molar-refractivity contribution in [1.82, 2.24) is 19.5 Å². The molecule has 1 aromatic carbocycles. The zero-order valence-corrected chi connectivity index (χ0v) is 21.1. The lowest BCUT2D eigenvalue weighted by atomic mass is 9.96. The first-order valence-electron chi connectivity index (χ1n) is 12.4. The van der Waals surface area contributed by atoms with Gasteiger partial charge in [0.1, 0.15) is 11.9 Å². The van der Waals surface area contributed by atoms with Crippen LogP contribution < -0.4 is 4.74 Å². The molecular weight excluding hydrogens is 474 g/mol. The number of aromatic hydroxyl groups is 1. The smallest absolute Gasteiger partial charge is 0.319 e. The van der Waals surface area contributed by atoms with E-state index >= 15 is 0 Å². The molecular formula is C29H30F2N4O2. The van der Waals surface area contributed by atoms with Gasteiger partial charge >= 0.3 is 6.55 Å². The van der Waals surface area contributed by atoms with E-state index < -0.39 is 6.55 Å². The van der Waals surface area contributed by atoms with Gasteiger partial charge in [0, 0.05) is 46.7 Å². The Bertz CT molecular complexity index is 1430. The number of alkyl halides is 2. The fourth-order valence-electron chi connectivity index (χ4n) is 4.02. The largest absolute Gasteiger partial charge is 0.506 e. The van der Waals surface area contributed by atoms with Crippen LogP contribution >= 0.6 is 0 Å². The van der Waals surface area contributed by atoms with Gasteiger partial charge in [-0.25, -0.2) is 4.98 Å². The highest BCUT2D eigenvalue weighted by molar-refractivity contribution is 6.08. The van der Waals surface area contributed by atoms with Crippen molar-refractivity contribution in [3.05, 3.63) is 79.0 Å². The van der Waals surface area contributed by atoms with Crippen molar-refractivity contribution in [2.45, 2.75) is 52.7 Å². The van der Waals surface area contributed by atoms with Crippen LogP contribution in [0.25, 0.3) is 32.9 Å². The van der Waals surface area contributed by atoms with E-state index in [0.29, 0.717) is 16.9 Å². The van der Waals surface area contributed by atoms with Gasteiger partial charge in [-0.15, -0.1) is 0 Å². The topological polar surface area (TPSA) is 73.1 Å². The molecule has 0 aliphatic heterocycles. The predicted octanol–water partition coefficient (Wildman–Crippen LogP) is 7.70. The van der Waals surface area contributed by atoms with Crippen molar-refractivity contribution in [2.24, 2.45) is 0 Å². The number of hydrogen-bond donors (Lipinski definition) is 1. The lowest BCUT2D eigenvalue weighted by Crippen LogP contribution is -2.24. The Labute approximate surface area is 214 Å². The van der Waals surface area contributed by atoms with Crippen LogP contribution in [0.3, 0.4) is 0 Å². The van der Waals surface area contributed by atoms with Crippen LogP contribution in [0.15, 0.2) is 73.3 Å². The van der Waals surface area contributed by atoms with Gasteiger partial charge in [0.15, 0.2) is 0 Å². The first-order chi connectivity index (χ1) is 18.0. The molecule has 0 amide bonds. The molecule has 192 valence electrons. The summed E-state index contributed by atoms with van der Waals surface area (Å²) in [5, 5.41) is 10.2. The second-order valence-corrected chi connectivity index (χ2v) is 8.49. The number of aromatic nitrogens is 4. The number of benzene rings is 1. The highest BCUT2D eigenvalue weighted by Gasteiger charge is 2.20. The van der Waals surface area contributed by atoms with Gasteiger partial charge < -0.3 is 9.84 Å². The minimum Gasteiger partial charge on any atom is -0.506 e. The number of fused-ring (bicyclic) bond motifs is 3. The zero-order valence-electron chi connectivity index (χ0n) is 21.1. The van der Waals surface area contributed by atoms with E-state index in [0.717, 1.165) is 45.0 Å². The van der Waals surface area contributed by atoms with Crippen LogP contribution in [-0.2, 0) is 0 Å². The average molecular weight is 505 g/mol. The average Bonchev–Trinajstić information content (AvgIpc) is 3.24. The Hall–Kier alpha value is -4.07. The number of hydrogen-bond acceptors (Lipinski definition) is 5. The number of rotatable bonds is 4. The fraction of sp³-hybridized carbons (Fsp3) is 0.276. The maximum absolute atomic E-state index is 13.7. The molecule has 1 aliphatic carbocycles. The number of ether oxygens (including phenoxy) is 1. The van der Waals surface area contributed by atoms with Gasteiger partial charge in [0.05, 0.1) is 17.2 Å². The minimum atomic E-state index is -2.63. The summed E-state index contributed by atoms with van der Waals surface area (Å²) >= 11 is 0. The molecule has 8 heteroatoms. The lowest BCUT2D eigenvalue weighted by molar-refractivity contribution is 0.0796. The molecule has 6 rings (SSSR count). The molecule has 1 fully saturated rings. The summed E-state index contributed by atoms with van der Waals surface area (Å²) in [5.74, 6) is 0.827. The van der Waals surface area contributed by atoms with E-state index in [-0.39, 0.29) is 11.9 Å². The second-order valence-electron chi connectivity index (χ2n) is 8.49. The van der Waals surface area contributed by atoms with E-state index in [1.165, 1.54) is 18.8 Å². The first-order valence-corrected chi connectivity index (χ1v) is 12.4. The first kappa shape index (κ1) is 26.0. The third-order valence-corrected chi connectivity index (χ3v) is 6.11. The fourth-order valence-corrected chi connectivity index (χ4v) is 4.02. The van der Waals surface area contributed by atoms with Gasteiger partial charge in [-0.1, -0.05) is 26.0 Å². The molecule has 1 N–H and O–H groups in total. The van der Waals surface area contributed by atoms with Gasteiger partial charge in [0.25, 0.3) is 0 Å². The van der Waals surface area contributed by atoms with Crippen molar-refractivity contribution in [2.75, 3.05) is 0 Å². The van der Waals surface area contributed by atoms with Crippen molar-refractivity contribution < 1.29 is 18.6 Å². The number of halogens is 2. The third-order valence-electron chi connectivity index (χ3n) is 6.11. The van der Waals surface area contributed by atoms with E-state index in [9.17, 15) is 8.78 Å². The SMILES string of the molecule is CC.Cc1ccc(O)cn1.FC(F)n1c2ccncc2c2ccc(-c3ccc(OC4CCC4)nc3)cc21. The van der Waals surface area contributed by atoms with Crippen LogP contribution in [0.2, 0.25) is 0 Å². The molecule has 4 aromatic heterocycles. The Morgan fingerprint density at radius 3 is 2.27 bits per heavy atom. The Balaban J connectivity index is 0.000000272. The van der Waals surface area contributed by atoms with Gasteiger partial charge in [-0.05, 0) is 62.1 Å². The maximum atomic E-state index is 13.7. The molecule has 0 unspecified atom stereocenters. The Kier molecular flexibility index (Phi) is 8.28. The van der Waals surface area contributed by atoms with E-state index in [1.807, 2.05) is 45.0 Å². The third kappa shape index (κ3) is 5.85. The number of pyridine rings is 3. The molecule has 6 nitrogen and oxygen atoms in total. The molecule has 5 aromatic rings. The van der Waals surface area contributed by atoms with Crippen molar-refractivity contribution in [3.8, 4) is 22.8 Å². The quantitative estimate of drug-likeness (QED) is 0.271. The summed E-state index contributed by atoms with van der Waals surface area (Å²) in [6.07, 6.45) is 9.95. The van der Waals surface area contributed by atoms with E-state index in [4.69, 9.17) is 9.84 Å². The summed E-state index contributed by atoms with van der Waals surface area (Å²) in [6.45, 7) is 3.25. The van der Waals surface area contributed by atoms with Crippen molar-refractivity contribution in [3.63, 3.8) is 0 Å². The highest BCUT2D eigenvalue weighted by atomic mass is 19.3. The molecule has 37 heavy (non-hydrogen) atoms. The molecule has 0 atom stereocenters. The molecule has 0 radical (unpaired) electrons. The number of nitrogens with zero attached hydrogens (tertiary/aromatic N) is 4. The van der Waals surface area contributed by atoms with Gasteiger partial charge in [0.2, 0.25) is 5.88 Å². The minimum absolute atomic E-state index is 0.218. The van der Waals surface area contributed by atoms with Gasteiger partial charge in [-0.2, -0.15) is 8.78 Å². The standard InChI is InChI=1S/C21H17F2N3O.C6H7NO.C2H6/c22-21(23)26-18-8-9-24-12-17(18)16-6-4-13(10-19(16)26)14-5-7-20(25-11-14)27-15-2-1-3-15;1-5-2-3-6(8)4-7-5;1-2/h4-12,15,21H,1-3H2;2-4,8H,1H3;1-2H3. The number of aryl methyl sites for hydroxylation is 1. The summed E-state index contributed by atoms with van der Waals surface area (Å²) in [7, 11) is 0. The molecule has 4 heterocycles. The van der Waals surface area contributed by atoms with E-state index in [2.05, 4.69) is 15.0 Å². The zero-order chi connectivity index (χ0) is 26.4. The molecule has 0 spiro atoms. The van der Waals surface area contributed by atoms with Crippen LogP contribution in [0, 0.1) is 6.92 Å². The van der Waals surface area contributed by atoms with Crippen LogP contribution in [0.1, 0.15) is 45.4 Å². The lowest BCUT2D eigenvalue weighted by Gasteiger charge is -2.25. The highest BCUT2D eigenvalue weighted by Crippen LogP contribution is 2.35. The van der Waals surface area contributed by atoms with Crippen LogP contribution in [0.5, 0.6) is 11.6 Å². The second kappa shape index (κ2) is 11.8. The molecule has 0 bridgehead atoms. The van der Waals surface area contributed by atoms with Crippen molar-refractivity contribution >= 4 is 21.8 Å². The predicted molar refractivity (Wildman–Crippen MR) is 142 cm³/mol. The molecule has 1 aliphatic rings. The Morgan fingerprint density at radius 1 is 0.892 bits per heavy atom. The summed E-state index contributed by atoms with van der Waals surface area (Å²) in [5.41, 5.74) is 3.59. The Morgan fingerprint density at radius 2 is 1.68 bits per heavy atom. The summed E-state index contributed by atoms with van der Waals surface area (Å²) in [4.78, 5) is 12.3. The summed E-state index contributed by atoms with van der Waals surface area (Å²) < 4.78 is 34.3. The molecule has 1 saturated carbocycles. The van der Waals surface area contributed by atoms with E-state index in [1.54, 1.807) is 36.7 Å². The normalized spacial score (nSPS) is 12.9. The summed E-state index contributed by atoms with van der Waals surface area (Å²) in [6, 6.07) is 14.3. The van der Waals surface area contributed by atoms with Gasteiger partial charge in [-0.3, -0.25) is 14.5 Å². The van der Waals surface area contributed by atoms with Crippen LogP contribution in [-0.4, -0.2) is 30.7 Å². The van der Waals surface area contributed by atoms with Crippen LogP contribution in [0.4, 0.5) is 8.78 Å². The van der Waals surface area contributed by atoms with Crippen molar-refractivity contribution in [1.29, 1.82) is 0 Å². The molecule has 0 saturated heterocycles. The maximum Gasteiger partial charge on any atom is 0.319 e. The monoisotopic (exact) mass is 504 g/mol.